The Hall–Kier alpha value is -3.71. The molecule has 7 heteroatoms. The summed E-state index contributed by atoms with van der Waals surface area (Å²) >= 11 is 0. The molecule has 3 aromatic rings. The van der Waals surface area contributed by atoms with E-state index in [-0.39, 0.29) is 12.6 Å². The lowest BCUT2D eigenvalue weighted by Gasteiger charge is -2.22. The van der Waals surface area contributed by atoms with Gasteiger partial charge in [0.25, 0.3) is 11.8 Å². The molecule has 0 aliphatic carbocycles. The zero-order valence-corrected chi connectivity index (χ0v) is 18.8. The molecule has 4 amide bonds. The van der Waals surface area contributed by atoms with Gasteiger partial charge in [-0.15, -0.1) is 0 Å². The summed E-state index contributed by atoms with van der Waals surface area (Å²) < 4.78 is 0. The van der Waals surface area contributed by atoms with E-state index >= 15 is 0 Å². The number of nitrogens with zero attached hydrogens (tertiary/aromatic N) is 1. The van der Waals surface area contributed by atoms with Crippen LogP contribution in [0.5, 0.6) is 0 Å². The van der Waals surface area contributed by atoms with Gasteiger partial charge in [-0.2, -0.15) is 5.01 Å². The van der Waals surface area contributed by atoms with E-state index in [4.69, 9.17) is 0 Å². The van der Waals surface area contributed by atoms with Crippen molar-refractivity contribution < 1.29 is 14.4 Å². The molecule has 0 spiro atoms. The van der Waals surface area contributed by atoms with E-state index in [0.29, 0.717) is 12.8 Å². The fraction of sp³-hybridized carbons (Fsp3) is 0.269. The quantitative estimate of drug-likeness (QED) is 0.464. The van der Waals surface area contributed by atoms with Gasteiger partial charge in [0.15, 0.2) is 0 Å². The monoisotopic (exact) mass is 444 g/mol. The van der Waals surface area contributed by atoms with E-state index in [1.54, 1.807) is 6.92 Å². The average molecular weight is 445 g/mol. The van der Waals surface area contributed by atoms with E-state index < -0.39 is 23.4 Å². The number of hydrogen-bond donors (Lipinski definition) is 3. The third-order valence-electron chi connectivity index (χ3n) is 6.11. The molecule has 1 fully saturated rings. The van der Waals surface area contributed by atoms with Crippen LogP contribution in [0.15, 0.2) is 72.8 Å². The highest BCUT2D eigenvalue weighted by atomic mass is 16.2. The number of aryl methyl sites for hydroxylation is 1. The van der Waals surface area contributed by atoms with Crippen LogP contribution in [0.25, 0.3) is 10.8 Å². The van der Waals surface area contributed by atoms with Gasteiger partial charge in [-0.1, -0.05) is 72.8 Å². The van der Waals surface area contributed by atoms with Gasteiger partial charge in [0.1, 0.15) is 5.54 Å². The Kier molecular flexibility index (Phi) is 6.42. The Labute approximate surface area is 193 Å². The first kappa shape index (κ1) is 22.5. The van der Waals surface area contributed by atoms with Crippen molar-refractivity contribution >= 4 is 28.6 Å². The van der Waals surface area contributed by atoms with Crippen LogP contribution in [-0.4, -0.2) is 34.9 Å². The number of imide groups is 1. The zero-order chi connectivity index (χ0) is 23.4. The van der Waals surface area contributed by atoms with Crippen LogP contribution in [0.3, 0.4) is 0 Å². The van der Waals surface area contributed by atoms with E-state index in [1.807, 2.05) is 79.7 Å². The number of benzene rings is 3. The van der Waals surface area contributed by atoms with E-state index in [0.717, 1.165) is 26.9 Å². The lowest BCUT2D eigenvalue weighted by molar-refractivity contribution is -0.138. The SMILES string of the molecule is CC(NCC(=O)NN1C(=O)NC(C)(CCc2ccccc2)C1=O)c1cccc2ccccc12. The van der Waals surface area contributed by atoms with Gasteiger partial charge in [-0.25, -0.2) is 4.79 Å². The third kappa shape index (κ3) is 4.88. The van der Waals surface area contributed by atoms with E-state index in [9.17, 15) is 14.4 Å². The van der Waals surface area contributed by atoms with Crippen molar-refractivity contribution in [2.45, 2.75) is 38.3 Å². The molecule has 3 aromatic carbocycles. The molecule has 0 saturated carbocycles. The highest BCUT2D eigenvalue weighted by Gasteiger charge is 2.48. The first-order chi connectivity index (χ1) is 15.9. The minimum absolute atomic E-state index is 0.0395. The van der Waals surface area contributed by atoms with Crippen molar-refractivity contribution in [3.05, 3.63) is 83.9 Å². The van der Waals surface area contributed by atoms with Crippen LogP contribution in [0.1, 0.15) is 37.4 Å². The maximum Gasteiger partial charge on any atom is 0.344 e. The summed E-state index contributed by atoms with van der Waals surface area (Å²) in [6, 6.07) is 23.2. The van der Waals surface area contributed by atoms with Gasteiger partial charge in [-0.3, -0.25) is 15.0 Å². The Balaban J connectivity index is 1.34. The lowest BCUT2D eigenvalue weighted by atomic mass is 9.93. The fourth-order valence-electron chi connectivity index (χ4n) is 4.14. The zero-order valence-electron chi connectivity index (χ0n) is 18.8. The average Bonchev–Trinajstić information content (AvgIpc) is 3.04. The Morgan fingerprint density at radius 3 is 2.48 bits per heavy atom. The molecule has 1 heterocycles. The predicted molar refractivity (Wildman–Crippen MR) is 127 cm³/mol. The molecular formula is C26H28N4O3. The summed E-state index contributed by atoms with van der Waals surface area (Å²) in [6.07, 6.45) is 1.07. The molecule has 1 saturated heterocycles. The van der Waals surface area contributed by atoms with Gasteiger partial charge < -0.3 is 10.6 Å². The molecule has 33 heavy (non-hydrogen) atoms. The number of urea groups is 1. The summed E-state index contributed by atoms with van der Waals surface area (Å²) in [6.45, 7) is 3.62. The maximum absolute atomic E-state index is 12.9. The van der Waals surface area contributed by atoms with Crippen molar-refractivity contribution in [1.29, 1.82) is 0 Å². The van der Waals surface area contributed by atoms with Crippen LogP contribution in [0.4, 0.5) is 4.79 Å². The minimum atomic E-state index is -1.07. The molecule has 7 nitrogen and oxygen atoms in total. The van der Waals surface area contributed by atoms with Crippen LogP contribution >= 0.6 is 0 Å². The van der Waals surface area contributed by atoms with Crippen LogP contribution < -0.4 is 16.1 Å². The van der Waals surface area contributed by atoms with Gasteiger partial charge in [0.05, 0.1) is 6.54 Å². The number of nitrogens with one attached hydrogen (secondary N) is 3. The van der Waals surface area contributed by atoms with Crippen molar-refractivity contribution in [3.63, 3.8) is 0 Å². The second-order valence-electron chi connectivity index (χ2n) is 8.59. The minimum Gasteiger partial charge on any atom is -0.322 e. The van der Waals surface area contributed by atoms with Crippen molar-refractivity contribution in [2.75, 3.05) is 6.54 Å². The Bertz CT molecular complexity index is 1180. The topological polar surface area (TPSA) is 90.5 Å². The van der Waals surface area contributed by atoms with Gasteiger partial charge in [0, 0.05) is 6.04 Å². The van der Waals surface area contributed by atoms with Gasteiger partial charge in [-0.05, 0) is 48.6 Å². The number of carbonyl (C=O) groups excluding carboxylic acids is 3. The summed E-state index contributed by atoms with van der Waals surface area (Å²) in [7, 11) is 0. The Morgan fingerprint density at radius 2 is 1.70 bits per heavy atom. The molecule has 1 aliphatic rings. The van der Waals surface area contributed by atoms with Crippen molar-refractivity contribution in [2.24, 2.45) is 0 Å². The molecule has 0 aromatic heterocycles. The fourth-order valence-corrected chi connectivity index (χ4v) is 4.14. The van der Waals surface area contributed by atoms with Crippen molar-refractivity contribution in [1.82, 2.24) is 21.1 Å². The van der Waals surface area contributed by atoms with Gasteiger partial charge >= 0.3 is 6.03 Å². The van der Waals surface area contributed by atoms with Crippen molar-refractivity contribution in [3.8, 4) is 0 Å². The maximum atomic E-state index is 12.9. The molecular weight excluding hydrogens is 416 g/mol. The van der Waals surface area contributed by atoms with Crippen LogP contribution in [0.2, 0.25) is 0 Å². The summed E-state index contributed by atoms with van der Waals surface area (Å²) in [5, 5.41) is 8.93. The molecule has 1 aliphatic heterocycles. The number of hydrogen-bond acceptors (Lipinski definition) is 4. The predicted octanol–water partition coefficient (Wildman–Crippen LogP) is 3.46. The second-order valence-corrected chi connectivity index (χ2v) is 8.59. The van der Waals surface area contributed by atoms with Crippen LogP contribution in [-0.2, 0) is 16.0 Å². The number of carbonyl (C=O) groups is 3. The summed E-state index contributed by atoms with van der Waals surface area (Å²) in [5.41, 5.74) is 3.53. The molecule has 2 unspecified atom stereocenters. The second kappa shape index (κ2) is 9.42. The largest absolute Gasteiger partial charge is 0.344 e. The first-order valence-electron chi connectivity index (χ1n) is 11.1. The third-order valence-corrected chi connectivity index (χ3v) is 6.11. The highest BCUT2D eigenvalue weighted by molar-refractivity contribution is 6.07. The number of amides is 4. The molecule has 0 radical (unpaired) electrons. The first-order valence-corrected chi connectivity index (χ1v) is 11.1. The number of rotatable bonds is 8. The number of hydrazine groups is 1. The molecule has 0 bridgehead atoms. The molecule has 170 valence electrons. The highest BCUT2D eigenvalue weighted by Crippen LogP contribution is 2.24. The lowest BCUT2D eigenvalue weighted by Crippen LogP contribution is -2.51. The smallest absolute Gasteiger partial charge is 0.322 e. The standard InChI is InChI=1S/C26H28N4O3/c1-18(21-14-8-12-20-11-6-7-13-22(20)21)27-17-23(31)29-30-24(32)26(2,28-25(30)33)16-15-19-9-4-3-5-10-19/h3-14,18,27H,15-17H2,1-2H3,(H,28,33)(H,29,31). The van der Waals surface area contributed by atoms with E-state index in [1.165, 1.54) is 0 Å². The number of fused-ring (bicyclic) bond motifs is 1. The summed E-state index contributed by atoms with van der Waals surface area (Å²) in [4.78, 5) is 37.9. The Morgan fingerprint density at radius 1 is 1.00 bits per heavy atom. The normalized spacial score (nSPS) is 18.9. The molecule has 4 rings (SSSR count). The summed E-state index contributed by atoms with van der Waals surface area (Å²) in [5.74, 6) is -0.920. The van der Waals surface area contributed by atoms with Crippen LogP contribution in [0, 0.1) is 0 Å². The van der Waals surface area contributed by atoms with E-state index in [2.05, 4.69) is 16.1 Å². The molecule has 3 N–H and O–H groups in total. The van der Waals surface area contributed by atoms with Gasteiger partial charge in [0.2, 0.25) is 0 Å². The molecule has 2 atom stereocenters.